The van der Waals surface area contributed by atoms with E-state index < -0.39 is 87.8 Å². The number of likely N-dealkylation sites (N-methyl/N-ethyl adjacent to an activating group) is 2. The summed E-state index contributed by atoms with van der Waals surface area (Å²) >= 11 is 0. The van der Waals surface area contributed by atoms with Crippen LogP contribution in [0.15, 0.2) is 42.7 Å². The monoisotopic (exact) mass is 758 g/mol. The summed E-state index contributed by atoms with van der Waals surface area (Å²) < 4.78 is 122. The predicted octanol–water partition coefficient (Wildman–Crippen LogP) is 5.35. The van der Waals surface area contributed by atoms with Gasteiger partial charge < -0.3 is 19.7 Å². The Bertz CT molecular complexity index is 1870. The molecule has 2 fully saturated rings. The van der Waals surface area contributed by atoms with Crippen LogP contribution in [0.2, 0.25) is 0 Å². The van der Waals surface area contributed by atoms with Crippen LogP contribution < -0.4 is 10.1 Å². The zero-order valence-electron chi connectivity index (χ0n) is 28.6. The standard InChI is InChI=1S/C34H34F8N6O5/c1-46(11-13-52-3)12-14-53-24-8-5-19(27(35)28(24)36)17-48-31(51)26(29(49)32(47(48)2)9-4-10-32)30(50)45-22-7-6-20(33(37,38)39)15-21(22)23-16-25(34(40,41)42)44-18-43-23/h5-8,15-16,18,26H,4,9-14,17H2,1-3H3,(H,45,50). The number of hydrazine groups is 1. The molecule has 2 aromatic carbocycles. The van der Waals surface area contributed by atoms with Gasteiger partial charge in [0.15, 0.2) is 23.3 Å². The molecule has 1 aliphatic carbocycles. The second-order valence-corrected chi connectivity index (χ2v) is 12.6. The number of ketones is 1. The SMILES string of the molecule is COCCN(C)CCOc1ccc(CN2C(=O)C(C(=O)Nc3ccc(C(F)(F)F)cc3-c3cc(C(F)(F)F)ncn3)C(=O)C3(CCC3)N2C)c(F)c1F. The molecule has 1 unspecified atom stereocenters. The molecule has 2 heterocycles. The molecule has 2 amide bonds. The Morgan fingerprint density at radius 1 is 0.981 bits per heavy atom. The average molecular weight is 759 g/mol. The van der Waals surface area contributed by atoms with Crippen molar-refractivity contribution in [2.45, 2.75) is 43.7 Å². The van der Waals surface area contributed by atoms with E-state index in [-0.39, 0.29) is 30.8 Å². The van der Waals surface area contributed by atoms with Crippen molar-refractivity contribution in [1.29, 1.82) is 0 Å². The van der Waals surface area contributed by atoms with Crippen molar-refractivity contribution in [1.82, 2.24) is 24.9 Å². The summed E-state index contributed by atoms with van der Waals surface area (Å²) in [5, 5.41) is 4.42. The number of rotatable bonds is 12. The Morgan fingerprint density at radius 2 is 1.68 bits per heavy atom. The lowest BCUT2D eigenvalue weighted by Gasteiger charge is -2.55. The molecule has 0 radical (unpaired) electrons. The highest BCUT2D eigenvalue weighted by Crippen LogP contribution is 2.45. The number of Topliss-reactive ketones (excluding diaryl/α,β-unsaturated/α-hetero) is 1. The molecule has 2 aliphatic rings. The number of nitrogens with zero attached hydrogens (tertiary/aromatic N) is 5. The number of ether oxygens (including phenoxy) is 2. The van der Waals surface area contributed by atoms with Crippen molar-refractivity contribution in [3.8, 4) is 17.0 Å². The maximum absolute atomic E-state index is 15.4. The van der Waals surface area contributed by atoms with Gasteiger partial charge in [0.2, 0.25) is 11.7 Å². The number of carbonyl (C=O) groups is 3. The Kier molecular flexibility index (Phi) is 11.4. The minimum atomic E-state index is -4.99. The second kappa shape index (κ2) is 15.3. The van der Waals surface area contributed by atoms with Gasteiger partial charge in [-0.2, -0.15) is 30.7 Å². The van der Waals surface area contributed by atoms with Gasteiger partial charge in [-0.25, -0.2) is 19.4 Å². The number of carbonyl (C=O) groups excluding carboxylic acids is 3. The first-order valence-electron chi connectivity index (χ1n) is 16.2. The van der Waals surface area contributed by atoms with Crippen molar-refractivity contribution >= 4 is 23.3 Å². The Morgan fingerprint density at radius 3 is 2.30 bits per heavy atom. The number of hydrogen-bond acceptors (Lipinski definition) is 9. The number of anilines is 1. The quantitative estimate of drug-likeness (QED) is 0.193. The van der Waals surface area contributed by atoms with E-state index in [1.54, 1.807) is 14.2 Å². The van der Waals surface area contributed by atoms with E-state index >= 15 is 8.78 Å². The third kappa shape index (κ3) is 8.11. The van der Waals surface area contributed by atoms with Crippen LogP contribution in [0.25, 0.3) is 11.3 Å². The molecule has 1 atom stereocenters. The molecule has 5 rings (SSSR count). The van der Waals surface area contributed by atoms with E-state index in [2.05, 4.69) is 15.3 Å². The van der Waals surface area contributed by atoms with Crippen LogP contribution in [0.4, 0.5) is 40.8 Å². The molecular formula is C34H34F8N6O5. The lowest BCUT2D eigenvalue weighted by atomic mass is 9.68. The summed E-state index contributed by atoms with van der Waals surface area (Å²) in [6.07, 6.45) is -8.58. The minimum Gasteiger partial charge on any atom is -0.489 e. The van der Waals surface area contributed by atoms with Crippen LogP contribution in [0.5, 0.6) is 5.75 Å². The first kappa shape index (κ1) is 39.5. The zero-order chi connectivity index (χ0) is 38.9. The van der Waals surface area contributed by atoms with E-state index in [1.165, 1.54) is 24.2 Å². The Hall–Kier alpha value is -4.75. The van der Waals surface area contributed by atoms with Crippen molar-refractivity contribution in [3.05, 3.63) is 71.2 Å². The van der Waals surface area contributed by atoms with Gasteiger partial charge >= 0.3 is 12.4 Å². The van der Waals surface area contributed by atoms with Crippen LogP contribution in [0.3, 0.4) is 0 Å². The van der Waals surface area contributed by atoms with Gasteiger partial charge in [-0.05, 0) is 56.6 Å². The van der Waals surface area contributed by atoms with Crippen LogP contribution in [-0.4, -0.2) is 95.5 Å². The third-order valence-corrected chi connectivity index (χ3v) is 9.34. The molecule has 1 aromatic heterocycles. The number of alkyl halides is 6. The lowest BCUT2D eigenvalue weighted by molar-refractivity contribution is -0.196. The van der Waals surface area contributed by atoms with Gasteiger partial charge in [-0.3, -0.25) is 19.4 Å². The fourth-order valence-corrected chi connectivity index (χ4v) is 6.11. The summed E-state index contributed by atoms with van der Waals surface area (Å²) in [6, 6.07) is 4.51. The highest BCUT2D eigenvalue weighted by atomic mass is 19.4. The number of amides is 2. The van der Waals surface area contributed by atoms with E-state index in [1.807, 2.05) is 4.90 Å². The van der Waals surface area contributed by atoms with Crippen LogP contribution in [0.1, 0.15) is 36.1 Å². The van der Waals surface area contributed by atoms with Crippen LogP contribution >= 0.6 is 0 Å². The lowest BCUT2D eigenvalue weighted by Crippen LogP contribution is -2.72. The normalized spacial score (nSPS) is 17.7. The van der Waals surface area contributed by atoms with Gasteiger partial charge in [-0.1, -0.05) is 6.07 Å². The summed E-state index contributed by atoms with van der Waals surface area (Å²) in [7, 11) is 4.71. The molecule has 1 saturated heterocycles. The van der Waals surface area contributed by atoms with Crippen LogP contribution in [-0.2, 0) is 38.0 Å². The topological polar surface area (TPSA) is 117 Å². The van der Waals surface area contributed by atoms with Crippen molar-refractivity contribution in [3.63, 3.8) is 0 Å². The number of aromatic nitrogens is 2. The minimum absolute atomic E-state index is 0.0199. The molecule has 1 aliphatic heterocycles. The Labute approximate surface area is 297 Å². The summed E-state index contributed by atoms with van der Waals surface area (Å²) in [6.45, 7) is 0.806. The zero-order valence-corrected chi connectivity index (χ0v) is 28.6. The Balaban J connectivity index is 1.43. The van der Waals surface area contributed by atoms with Gasteiger partial charge in [-0.15, -0.1) is 0 Å². The maximum Gasteiger partial charge on any atom is 0.433 e. The van der Waals surface area contributed by atoms with Gasteiger partial charge in [0.1, 0.15) is 18.6 Å². The van der Waals surface area contributed by atoms with Crippen molar-refractivity contribution in [2.75, 3.05) is 52.8 Å². The molecule has 1 saturated carbocycles. The summed E-state index contributed by atoms with van der Waals surface area (Å²) in [5.74, 6) is -8.45. The first-order valence-corrected chi connectivity index (χ1v) is 16.2. The molecule has 0 bridgehead atoms. The number of methoxy groups -OCH3 is 1. The number of halogens is 8. The molecule has 1 spiro atoms. The molecule has 53 heavy (non-hydrogen) atoms. The molecule has 19 heteroatoms. The van der Waals surface area contributed by atoms with Gasteiger partial charge in [0.25, 0.3) is 5.91 Å². The molecular weight excluding hydrogens is 724 g/mol. The summed E-state index contributed by atoms with van der Waals surface area (Å²) in [4.78, 5) is 50.2. The smallest absolute Gasteiger partial charge is 0.433 e. The predicted molar refractivity (Wildman–Crippen MR) is 171 cm³/mol. The first-order chi connectivity index (χ1) is 24.9. The molecule has 286 valence electrons. The van der Waals surface area contributed by atoms with Crippen molar-refractivity contribution in [2.24, 2.45) is 5.92 Å². The third-order valence-electron chi connectivity index (χ3n) is 9.34. The highest BCUT2D eigenvalue weighted by molar-refractivity contribution is 6.25. The van der Waals surface area contributed by atoms with Gasteiger partial charge in [0, 0.05) is 38.4 Å². The van der Waals surface area contributed by atoms with Crippen molar-refractivity contribution < 1.29 is 59.0 Å². The van der Waals surface area contributed by atoms with Gasteiger partial charge in [0.05, 0.1) is 35.6 Å². The maximum atomic E-state index is 15.4. The number of nitrogens with one attached hydrogen (secondary N) is 1. The van der Waals surface area contributed by atoms with E-state index in [4.69, 9.17) is 9.47 Å². The largest absolute Gasteiger partial charge is 0.489 e. The average Bonchev–Trinajstić information content (AvgIpc) is 3.07. The highest BCUT2D eigenvalue weighted by Gasteiger charge is 2.60. The fourth-order valence-electron chi connectivity index (χ4n) is 6.11. The fraction of sp³-hybridized carbons (Fsp3) is 0.441. The number of benzene rings is 2. The van der Waals surface area contributed by atoms with Crippen LogP contribution in [0, 0.1) is 17.6 Å². The van der Waals surface area contributed by atoms with E-state index in [0.29, 0.717) is 50.6 Å². The molecule has 1 N–H and O–H groups in total. The number of hydrogen-bond donors (Lipinski definition) is 1. The second-order valence-electron chi connectivity index (χ2n) is 12.6. The molecule has 3 aromatic rings. The van der Waals surface area contributed by atoms with E-state index in [0.717, 1.165) is 11.1 Å². The summed E-state index contributed by atoms with van der Waals surface area (Å²) in [5.41, 5.74) is -6.22. The molecule has 11 nitrogen and oxygen atoms in total. The van der Waals surface area contributed by atoms with E-state index in [9.17, 15) is 40.7 Å².